The molecule has 17 heavy (non-hydrogen) atoms. The summed E-state index contributed by atoms with van der Waals surface area (Å²) in [5.41, 5.74) is 1.88. The lowest BCUT2D eigenvalue weighted by Gasteiger charge is -2.12. The van der Waals surface area contributed by atoms with E-state index in [1.807, 2.05) is 0 Å². The molecule has 0 aliphatic heterocycles. The van der Waals surface area contributed by atoms with E-state index in [1.54, 1.807) is 18.2 Å². The highest BCUT2D eigenvalue weighted by molar-refractivity contribution is 5.73. The quantitative estimate of drug-likeness (QED) is 0.734. The van der Waals surface area contributed by atoms with E-state index in [4.69, 9.17) is 14.6 Å². The first-order chi connectivity index (χ1) is 8.12. The molecule has 0 unspecified atom stereocenters. The maximum absolute atomic E-state index is 12.2. The average molecular weight is 243 g/mol. The highest BCUT2D eigenvalue weighted by atomic mass is 19.2. The van der Waals surface area contributed by atoms with Crippen LogP contribution in [0, 0.1) is 0 Å². The molecular weight excluding hydrogens is 229 g/mol. The van der Waals surface area contributed by atoms with Crippen molar-refractivity contribution in [1.29, 1.82) is 0 Å². The van der Waals surface area contributed by atoms with Crippen LogP contribution in [0.25, 0.3) is 0 Å². The van der Waals surface area contributed by atoms with E-state index in [1.165, 1.54) is 19.8 Å². The predicted octanol–water partition coefficient (Wildman–Crippen LogP) is 1.17. The third kappa shape index (κ3) is 3.32. The summed E-state index contributed by atoms with van der Waals surface area (Å²) in [5.74, 6) is -0.230. The zero-order chi connectivity index (χ0) is 12.8. The van der Waals surface area contributed by atoms with Gasteiger partial charge in [0.05, 0.1) is 14.2 Å². The normalized spacial score (nSPS) is 11.9. The largest absolute Gasteiger partial charge is 0.493 e. The van der Waals surface area contributed by atoms with Gasteiger partial charge in [-0.15, -0.1) is 10.0 Å². The number of halogens is 1. The topological polar surface area (TPSA) is 67.8 Å². The summed E-state index contributed by atoms with van der Waals surface area (Å²) in [5, 5.41) is 8.70. The van der Waals surface area contributed by atoms with Crippen LogP contribution in [0.1, 0.15) is 5.56 Å². The van der Waals surface area contributed by atoms with Gasteiger partial charge in [-0.2, -0.15) is 0 Å². The number of carboxylic acids is 1. The zero-order valence-corrected chi connectivity index (χ0v) is 9.57. The van der Waals surface area contributed by atoms with Gasteiger partial charge in [-0.3, -0.25) is 4.79 Å². The maximum atomic E-state index is 12.2. The van der Waals surface area contributed by atoms with Crippen molar-refractivity contribution < 1.29 is 23.9 Å². The van der Waals surface area contributed by atoms with E-state index >= 15 is 0 Å². The first-order valence-electron chi connectivity index (χ1n) is 4.92. The molecule has 0 amide bonds. The van der Waals surface area contributed by atoms with Gasteiger partial charge in [-0.1, -0.05) is 6.07 Å². The van der Waals surface area contributed by atoms with Gasteiger partial charge in [0.2, 0.25) is 0 Å². The summed E-state index contributed by atoms with van der Waals surface area (Å²) in [6.45, 7) is 0. The summed E-state index contributed by atoms with van der Waals surface area (Å²) < 4.78 is 22.3. The first-order valence-corrected chi connectivity index (χ1v) is 4.92. The third-order valence-corrected chi connectivity index (χ3v) is 2.32. The molecule has 6 heteroatoms. The molecule has 5 nitrogen and oxygen atoms in total. The molecule has 0 aliphatic carbocycles. The van der Waals surface area contributed by atoms with Gasteiger partial charge in [-0.25, -0.2) is 0 Å². The number of aliphatic carboxylic acids is 1. The van der Waals surface area contributed by atoms with Crippen LogP contribution in [0.2, 0.25) is 0 Å². The van der Waals surface area contributed by atoms with Crippen LogP contribution in [-0.2, 0) is 11.2 Å². The van der Waals surface area contributed by atoms with Crippen molar-refractivity contribution in [3.05, 3.63) is 23.8 Å². The van der Waals surface area contributed by atoms with Gasteiger partial charge in [-0.05, 0) is 17.7 Å². The lowest BCUT2D eigenvalue weighted by Crippen LogP contribution is -2.33. The Morgan fingerprint density at radius 2 is 2.06 bits per heavy atom. The number of hydrogen-bond donors (Lipinski definition) is 2. The van der Waals surface area contributed by atoms with Crippen molar-refractivity contribution >= 4 is 5.97 Å². The molecule has 1 aromatic rings. The van der Waals surface area contributed by atoms with Crippen LogP contribution in [0.5, 0.6) is 11.5 Å². The SMILES string of the molecule is COc1ccc(C[C@H](NF)C(=O)O)cc1OC. The van der Waals surface area contributed by atoms with Crippen molar-refractivity contribution in [2.75, 3.05) is 14.2 Å². The van der Waals surface area contributed by atoms with Crippen LogP contribution in [-0.4, -0.2) is 31.3 Å². The van der Waals surface area contributed by atoms with E-state index < -0.39 is 12.0 Å². The van der Waals surface area contributed by atoms with Crippen molar-refractivity contribution in [1.82, 2.24) is 5.54 Å². The van der Waals surface area contributed by atoms with Gasteiger partial charge >= 0.3 is 5.97 Å². The molecule has 1 aromatic carbocycles. The molecule has 0 spiro atoms. The lowest BCUT2D eigenvalue weighted by molar-refractivity contribution is -0.140. The maximum Gasteiger partial charge on any atom is 0.323 e. The fourth-order valence-corrected chi connectivity index (χ4v) is 1.42. The number of carbonyl (C=O) groups is 1. The van der Waals surface area contributed by atoms with Crippen LogP contribution in [0.3, 0.4) is 0 Å². The molecule has 0 radical (unpaired) electrons. The number of carboxylic acid groups (broad SMARTS) is 1. The molecule has 0 saturated carbocycles. The standard InChI is InChI=1S/C11H14FNO4/c1-16-9-4-3-7(6-10(9)17-2)5-8(13-12)11(14)15/h3-4,6,8,13H,5H2,1-2H3,(H,14,15)/t8-/m0/s1. The first kappa shape index (κ1) is 13.2. The van der Waals surface area contributed by atoms with Gasteiger partial charge in [0.1, 0.15) is 6.04 Å². The van der Waals surface area contributed by atoms with Crippen LogP contribution < -0.4 is 15.0 Å². The van der Waals surface area contributed by atoms with E-state index in [0.717, 1.165) is 0 Å². The van der Waals surface area contributed by atoms with Crippen molar-refractivity contribution in [2.45, 2.75) is 12.5 Å². The Hall–Kier alpha value is -1.82. The molecule has 1 atom stereocenters. The van der Waals surface area contributed by atoms with Crippen LogP contribution in [0.15, 0.2) is 18.2 Å². The third-order valence-electron chi connectivity index (χ3n) is 2.32. The smallest absolute Gasteiger partial charge is 0.323 e. The number of ether oxygens (including phenoxy) is 2. The van der Waals surface area contributed by atoms with Crippen molar-refractivity contribution in [2.24, 2.45) is 0 Å². The number of rotatable bonds is 6. The highest BCUT2D eigenvalue weighted by Crippen LogP contribution is 2.27. The second-order valence-electron chi connectivity index (χ2n) is 3.39. The van der Waals surface area contributed by atoms with Gasteiger partial charge in [0, 0.05) is 6.42 Å². The number of nitrogens with one attached hydrogen (secondary N) is 1. The second-order valence-corrected chi connectivity index (χ2v) is 3.39. The lowest BCUT2D eigenvalue weighted by atomic mass is 10.1. The summed E-state index contributed by atoms with van der Waals surface area (Å²) >= 11 is 0. The minimum atomic E-state index is -1.27. The minimum absolute atomic E-state index is 0.0200. The molecule has 0 fully saturated rings. The summed E-state index contributed by atoms with van der Waals surface area (Å²) in [6, 6.07) is 3.65. The van der Waals surface area contributed by atoms with Crippen LogP contribution >= 0.6 is 0 Å². The molecule has 94 valence electrons. The fourth-order valence-electron chi connectivity index (χ4n) is 1.42. The minimum Gasteiger partial charge on any atom is -0.493 e. The number of hydrogen-bond acceptors (Lipinski definition) is 4. The zero-order valence-electron chi connectivity index (χ0n) is 9.57. The summed E-state index contributed by atoms with van der Waals surface area (Å²) in [4.78, 5) is 10.7. The predicted molar refractivity (Wildman–Crippen MR) is 58.9 cm³/mol. The molecule has 0 heterocycles. The van der Waals surface area contributed by atoms with Gasteiger partial charge in [0.15, 0.2) is 11.5 Å². The molecule has 0 aliphatic rings. The van der Waals surface area contributed by atoms with E-state index in [0.29, 0.717) is 17.1 Å². The molecule has 1 rings (SSSR count). The number of methoxy groups -OCH3 is 2. The molecule has 0 aromatic heterocycles. The van der Waals surface area contributed by atoms with Gasteiger partial charge in [0.25, 0.3) is 0 Å². The monoisotopic (exact) mass is 243 g/mol. The second kappa shape index (κ2) is 6.05. The fraction of sp³-hybridized carbons (Fsp3) is 0.364. The average Bonchev–Trinajstić information content (AvgIpc) is 2.35. The highest BCUT2D eigenvalue weighted by Gasteiger charge is 2.18. The summed E-state index contributed by atoms with van der Waals surface area (Å²) in [7, 11) is 2.98. The Morgan fingerprint density at radius 1 is 1.41 bits per heavy atom. The summed E-state index contributed by atoms with van der Waals surface area (Å²) in [6.07, 6.45) is 0.0200. The Bertz CT molecular complexity index is 397. The molecule has 0 saturated heterocycles. The molecule has 0 bridgehead atoms. The van der Waals surface area contributed by atoms with Crippen molar-refractivity contribution in [3.63, 3.8) is 0 Å². The van der Waals surface area contributed by atoms with Gasteiger partial charge < -0.3 is 14.6 Å². The Balaban J connectivity index is 2.88. The van der Waals surface area contributed by atoms with E-state index in [-0.39, 0.29) is 6.42 Å². The molecule has 2 N–H and O–H groups in total. The Kier molecular flexibility index (Phi) is 4.71. The Morgan fingerprint density at radius 3 is 2.53 bits per heavy atom. The number of benzene rings is 1. The van der Waals surface area contributed by atoms with E-state index in [9.17, 15) is 9.28 Å². The van der Waals surface area contributed by atoms with Crippen LogP contribution in [0.4, 0.5) is 4.48 Å². The van der Waals surface area contributed by atoms with Crippen molar-refractivity contribution in [3.8, 4) is 11.5 Å². The molecular formula is C11H14FNO4. The Labute approximate surface area is 98.1 Å². The van der Waals surface area contributed by atoms with E-state index in [2.05, 4.69) is 0 Å².